The Morgan fingerprint density at radius 2 is 1.41 bits per heavy atom. The number of esters is 1. The molecule has 1 rings (SSSR count). The van der Waals surface area contributed by atoms with Gasteiger partial charge in [-0.2, -0.15) is 13.2 Å². The zero-order valence-corrected chi connectivity index (χ0v) is 25.1. The van der Waals surface area contributed by atoms with E-state index in [0.717, 1.165) is 12.1 Å². The Hall–Kier alpha value is -2.07. The maximum Gasteiger partial charge on any atom is 0.416 e. The summed E-state index contributed by atoms with van der Waals surface area (Å²) in [5.74, 6) is -1.16. The second-order valence-corrected chi connectivity index (χ2v) is 17.7. The van der Waals surface area contributed by atoms with Gasteiger partial charge in [-0.05, 0) is 77.4 Å². The summed E-state index contributed by atoms with van der Waals surface area (Å²) in [5, 5.41) is 2.71. The molecular weight excluding hydrogens is 503 g/mol. The molecule has 0 aromatic heterocycles. The standard InChI is InChI=1S/C27H44F3NO5Si/c1-24(2,3)22(32)34-16-20(18-12-14-19(15-13-18)27(28,29)30)21(31-23(33)36-25(4,5)6)17-35-37(10,11)26(7,8)9/h12-15,20-21H,16-17H2,1-11H3,(H,31,33)/t20-,21+/m0/s1. The molecule has 0 aliphatic rings. The fourth-order valence-corrected chi connectivity index (χ4v) is 4.01. The van der Waals surface area contributed by atoms with E-state index >= 15 is 0 Å². The molecule has 0 saturated heterocycles. The molecule has 0 spiro atoms. The molecule has 0 fully saturated rings. The lowest BCUT2D eigenvalue weighted by Crippen LogP contribution is -2.50. The second-order valence-electron chi connectivity index (χ2n) is 12.9. The molecule has 0 radical (unpaired) electrons. The number of hydrogen-bond donors (Lipinski definition) is 1. The highest BCUT2D eigenvalue weighted by Gasteiger charge is 2.39. The monoisotopic (exact) mass is 547 g/mol. The van der Waals surface area contributed by atoms with Gasteiger partial charge in [-0.25, -0.2) is 4.79 Å². The number of halogens is 3. The zero-order valence-electron chi connectivity index (χ0n) is 24.1. The van der Waals surface area contributed by atoms with Crippen molar-refractivity contribution in [1.29, 1.82) is 0 Å². The van der Waals surface area contributed by atoms with Crippen molar-refractivity contribution in [3.8, 4) is 0 Å². The van der Waals surface area contributed by atoms with E-state index in [-0.39, 0.29) is 18.3 Å². The fraction of sp³-hybridized carbons (Fsp3) is 0.704. The molecule has 212 valence electrons. The third-order valence-electron chi connectivity index (χ3n) is 6.29. The predicted octanol–water partition coefficient (Wildman–Crippen LogP) is 7.29. The summed E-state index contributed by atoms with van der Waals surface area (Å²) in [7, 11) is -2.27. The number of carbonyl (C=O) groups is 2. The van der Waals surface area contributed by atoms with Crippen LogP contribution in [0.1, 0.15) is 79.4 Å². The Bertz CT molecular complexity index is 910. The average Bonchev–Trinajstić information content (AvgIpc) is 2.68. The van der Waals surface area contributed by atoms with E-state index in [1.165, 1.54) is 12.1 Å². The van der Waals surface area contributed by atoms with Gasteiger partial charge in [0.15, 0.2) is 8.32 Å². The van der Waals surface area contributed by atoms with Crippen LogP contribution in [0, 0.1) is 5.41 Å². The Kier molecular flexibility index (Phi) is 10.5. The van der Waals surface area contributed by atoms with Gasteiger partial charge in [-0.3, -0.25) is 4.79 Å². The van der Waals surface area contributed by atoms with Gasteiger partial charge in [-0.1, -0.05) is 32.9 Å². The summed E-state index contributed by atoms with van der Waals surface area (Å²) in [6.07, 6.45) is -5.19. The molecule has 0 saturated carbocycles. The SMILES string of the molecule is CC(C)(C)OC(=O)N[C@H](CO[Si](C)(C)C(C)(C)C)[C@@H](COC(=O)C(C)(C)C)c1ccc(C(F)(F)F)cc1. The van der Waals surface area contributed by atoms with Crippen molar-refractivity contribution in [1.82, 2.24) is 5.32 Å². The highest BCUT2D eigenvalue weighted by molar-refractivity contribution is 6.74. The molecule has 1 aromatic rings. The average molecular weight is 548 g/mol. The summed E-state index contributed by atoms with van der Waals surface area (Å²) < 4.78 is 57.0. The van der Waals surface area contributed by atoms with Gasteiger partial charge in [0.1, 0.15) is 12.2 Å². The van der Waals surface area contributed by atoms with E-state index in [9.17, 15) is 22.8 Å². The van der Waals surface area contributed by atoms with E-state index in [2.05, 4.69) is 39.2 Å². The van der Waals surface area contributed by atoms with Crippen LogP contribution in [0.3, 0.4) is 0 Å². The van der Waals surface area contributed by atoms with Crippen molar-refractivity contribution in [3.63, 3.8) is 0 Å². The quantitative estimate of drug-likeness (QED) is 0.273. The molecule has 0 bridgehead atoms. The number of amides is 1. The molecule has 10 heteroatoms. The van der Waals surface area contributed by atoms with Crippen molar-refractivity contribution in [2.45, 2.75) is 104 Å². The number of alkyl carbamates (subject to hydrolysis) is 1. The lowest BCUT2D eigenvalue weighted by Gasteiger charge is -2.38. The van der Waals surface area contributed by atoms with Gasteiger partial charge in [0.25, 0.3) is 0 Å². The minimum Gasteiger partial charge on any atom is -0.465 e. The lowest BCUT2D eigenvalue weighted by atomic mass is 9.91. The van der Waals surface area contributed by atoms with Crippen LogP contribution >= 0.6 is 0 Å². The lowest BCUT2D eigenvalue weighted by molar-refractivity contribution is -0.153. The third-order valence-corrected chi connectivity index (χ3v) is 10.8. The third kappa shape index (κ3) is 10.7. The van der Waals surface area contributed by atoms with Crippen molar-refractivity contribution in [3.05, 3.63) is 35.4 Å². The summed E-state index contributed by atoms with van der Waals surface area (Å²) in [4.78, 5) is 25.3. The summed E-state index contributed by atoms with van der Waals surface area (Å²) >= 11 is 0. The highest BCUT2D eigenvalue weighted by atomic mass is 28.4. The summed E-state index contributed by atoms with van der Waals surface area (Å²) in [6.45, 7) is 20.6. The van der Waals surface area contributed by atoms with Crippen molar-refractivity contribution >= 4 is 20.4 Å². The first-order valence-corrected chi connectivity index (χ1v) is 15.3. The van der Waals surface area contributed by atoms with E-state index in [1.807, 2.05) is 0 Å². The van der Waals surface area contributed by atoms with Gasteiger partial charge in [0.2, 0.25) is 0 Å². The first kappa shape index (κ1) is 33.0. The van der Waals surface area contributed by atoms with Crippen molar-refractivity contribution < 1.29 is 36.7 Å². The van der Waals surface area contributed by atoms with Crippen LogP contribution in [-0.4, -0.2) is 45.2 Å². The molecule has 0 aliphatic carbocycles. The number of alkyl halides is 3. The smallest absolute Gasteiger partial charge is 0.416 e. The largest absolute Gasteiger partial charge is 0.465 e. The van der Waals surface area contributed by atoms with Crippen molar-refractivity contribution in [2.75, 3.05) is 13.2 Å². The number of rotatable bonds is 8. The van der Waals surface area contributed by atoms with Gasteiger partial charge >= 0.3 is 18.2 Å². The van der Waals surface area contributed by atoms with Crippen LogP contribution in [0.25, 0.3) is 0 Å². The second kappa shape index (κ2) is 11.8. The fourth-order valence-electron chi connectivity index (χ4n) is 2.98. The van der Waals surface area contributed by atoms with Gasteiger partial charge in [-0.15, -0.1) is 0 Å². The summed E-state index contributed by atoms with van der Waals surface area (Å²) in [5.41, 5.74) is -1.88. The molecule has 37 heavy (non-hydrogen) atoms. The van der Waals surface area contributed by atoms with E-state index in [4.69, 9.17) is 13.9 Å². The molecule has 0 aliphatic heterocycles. The topological polar surface area (TPSA) is 73.9 Å². The van der Waals surface area contributed by atoms with Gasteiger partial charge in [0, 0.05) is 5.92 Å². The minimum absolute atomic E-state index is 0.0640. The van der Waals surface area contributed by atoms with E-state index in [1.54, 1.807) is 41.5 Å². The Morgan fingerprint density at radius 3 is 1.81 bits per heavy atom. The molecule has 6 nitrogen and oxygen atoms in total. The minimum atomic E-state index is -4.49. The van der Waals surface area contributed by atoms with Crippen LogP contribution in [0.5, 0.6) is 0 Å². The zero-order chi connectivity index (χ0) is 29.0. The maximum absolute atomic E-state index is 13.2. The Morgan fingerprint density at radius 1 is 0.892 bits per heavy atom. The van der Waals surface area contributed by atoms with Crippen LogP contribution in [-0.2, 0) is 24.9 Å². The number of benzene rings is 1. The normalized spacial score (nSPS) is 15.1. The Labute approximate surface area is 220 Å². The van der Waals surface area contributed by atoms with Gasteiger partial charge in [0.05, 0.1) is 23.6 Å². The van der Waals surface area contributed by atoms with E-state index in [0.29, 0.717) is 5.56 Å². The number of carbonyl (C=O) groups excluding carboxylic acids is 2. The molecule has 2 atom stereocenters. The number of ether oxygens (including phenoxy) is 2. The van der Waals surface area contributed by atoms with Crippen LogP contribution in [0.4, 0.5) is 18.0 Å². The molecule has 0 unspecified atom stereocenters. The van der Waals surface area contributed by atoms with Gasteiger partial charge < -0.3 is 19.2 Å². The van der Waals surface area contributed by atoms with Crippen molar-refractivity contribution in [2.24, 2.45) is 5.41 Å². The van der Waals surface area contributed by atoms with E-state index < -0.39 is 55.1 Å². The first-order chi connectivity index (χ1) is 16.4. The predicted molar refractivity (Wildman–Crippen MR) is 141 cm³/mol. The molecule has 1 aromatic carbocycles. The molecule has 0 heterocycles. The summed E-state index contributed by atoms with van der Waals surface area (Å²) in [6, 6.07) is 3.90. The number of nitrogens with one attached hydrogen (secondary N) is 1. The van der Waals surface area contributed by atoms with Crippen LogP contribution < -0.4 is 5.32 Å². The van der Waals surface area contributed by atoms with Crippen LogP contribution in [0.2, 0.25) is 18.1 Å². The maximum atomic E-state index is 13.2. The molecule has 1 amide bonds. The molecule has 1 N–H and O–H groups in total. The first-order valence-electron chi connectivity index (χ1n) is 12.4. The highest BCUT2D eigenvalue weighted by Crippen LogP contribution is 2.37. The molecular formula is C27H44F3NO5Si. The number of hydrogen-bond acceptors (Lipinski definition) is 5. The Balaban J connectivity index is 3.45. The van der Waals surface area contributed by atoms with Crippen LogP contribution in [0.15, 0.2) is 24.3 Å².